The molecule has 1 atom stereocenters. The van der Waals surface area contributed by atoms with Crippen molar-refractivity contribution in [1.29, 1.82) is 5.26 Å². The summed E-state index contributed by atoms with van der Waals surface area (Å²) in [4.78, 5) is 0. The second-order valence-corrected chi connectivity index (χ2v) is 4.32. The molecular formula is C12H22N2. The van der Waals surface area contributed by atoms with Crippen molar-refractivity contribution >= 4 is 0 Å². The number of hydrogen-bond donors (Lipinski definition) is 1. The minimum absolute atomic E-state index is 0.420. The average Bonchev–Trinajstić information content (AvgIpc) is 2.45. The molecule has 2 nitrogen and oxygen atoms in total. The van der Waals surface area contributed by atoms with Crippen molar-refractivity contribution in [3.8, 4) is 6.07 Å². The molecule has 14 heavy (non-hydrogen) atoms. The van der Waals surface area contributed by atoms with E-state index in [4.69, 9.17) is 5.26 Å². The van der Waals surface area contributed by atoms with Crippen LogP contribution < -0.4 is 5.32 Å². The molecule has 0 aromatic rings. The quantitative estimate of drug-likeness (QED) is 0.698. The van der Waals surface area contributed by atoms with Crippen molar-refractivity contribution in [3.05, 3.63) is 0 Å². The van der Waals surface area contributed by atoms with E-state index in [1.54, 1.807) is 0 Å². The van der Waals surface area contributed by atoms with Gasteiger partial charge in [0.05, 0.1) is 12.5 Å². The highest BCUT2D eigenvalue weighted by atomic mass is 14.9. The third kappa shape index (κ3) is 4.11. The molecule has 80 valence electrons. The van der Waals surface area contributed by atoms with E-state index >= 15 is 0 Å². The normalized spacial score (nSPS) is 21.1. The monoisotopic (exact) mass is 194 g/mol. The van der Waals surface area contributed by atoms with Gasteiger partial charge < -0.3 is 5.32 Å². The van der Waals surface area contributed by atoms with Gasteiger partial charge in [-0.2, -0.15) is 5.26 Å². The Kier molecular flexibility index (Phi) is 5.63. The molecule has 1 aliphatic carbocycles. The van der Waals surface area contributed by atoms with Gasteiger partial charge in [0, 0.05) is 12.1 Å². The van der Waals surface area contributed by atoms with Crippen LogP contribution in [0.15, 0.2) is 0 Å². The van der Waals surface area contributed by atoms with Crippen molar-refractivity contribution in [1.82, 2.24) is 5.32 Å². The van der Waals surface area contributed by atoms with Gasteiger partial charge in [0.1, 0.15) is 0 Å². The summed E-state index contributed by atoms with van der Waals surface area (Å²) in [7, 11) is 0. The van der Waals surface area contributed by atoms with Crippen LogP contribution in [0.1, 0.15) is 58.3 Å². The van der Waals surface area contributed by atoms with E-state index in [1.807, 2.05) is 0 Å². The zero-order valence-electron chi connectivity index (χ0n) is 9.26. The van der Waals surface area contributed by atoms with Crippen LogP contribution in [0.4, 0.5) is 0 Å². The zero-order valence-corrected chi connectivity index (χ0v) is 9.26. The number of hydrogen-bond acceptors (Lipinski definition) is 2. The third-order valence-corrected chi connectivity index (χ3v) is 3.16. The highest BCUT2D eigenvalue weighted by Crippen LogP contribution is 2.18. The molecular weight excluding hydrogens is 172 g/mol. The van der Waals surface area contributed by atoms with Gasteiger partial charge in [0.15, 0.2) is 0 Å². The summed E-state index contributed by atoms with van der Waals surface area (Å²) in [5.74, 6) is 0. The van der Waals surface area contributed by atoms with Crippen molar-refractivity contribution < 1.29 is 0 Å². The van der Waals surface area contributed by atoms with Crippen LogP contribution in [0.25, 0.3) is 0 Å². The van der Waals surface area contributed by atoms with E-state index in [9.17, 15) is 0 Å². The Morgan fingerprint density at radius 2 is 1.93 bits per heavy atom. The van der Waals surface area contributed by atoms with Gasteiger partial charge >= 0.3 is 0 Å². The standard InChI is InChI=1S/C12H22N2/c1-2-11(9-10-13)14-12-7-5-3-4-6-8-12/h11-12,14H,2-9H2,1H3. The fourth-order valence-electron chi connectivity index (χ4n) is 2.21. The first kappa shape index (κ1) is 11.5. The molecule has 1 rings (SSSR count). The van der Waals surface area contributed by atoms with Crippen LogP contribution in [0, 0.1) is 11.3 Å². The molecule has 0 saturated heterocycles. The van der Waals surface area contributed by atoms with Crippen LogP contribution in [0.2, 0.25) is 0 Å². The second kappa shape index (κ2) is 6.84. The van der Waals surface area contributed by atoms with Crippen LogP contribution in [-0.4, -0.2) is 12.1 Å². The third-order valence-electron chi connectivity index (χ3n) is 3.16. The summed E-state index contributed by atoms with van der Waals surface area (Å²) < 4.78 is 0. The molecule has 0 heterocycles. The van der Waals surface area contributed by atoms with E-state index in [2.05, 4.69) is 18.3 Å². The van der Waals surface area contributed by atoms with Gasteiger partial charge in [0.25, 0.3) is 0 Å². The first-order valence-corrected chi connectivity index (χ1v) is 5.99. The molecule has 1 saturated carbocycles. The maximum absolute atomic E-state index is 8.66. The number of nitrogens with one attached hydrogen (secondary N) is 1. The highest BCUT2D eigenvalue weighted by molar-refractivity contribution is 4.83. The van der Waals surface area contributed by atoms with Crippen LogP contribution in [0.3, 0.4) is 0 Å². The minimum atomic E-state index is 0.420. The summed E-state index contributed by atoms with van der Waals surface area (Å²) in [6.45, 7) is 2.16. The van der Waals surface area contributed by atoms with E-state index in [-0.39, 0.29) is 0 Å². The van der Waals surface area contributed by atoms with Crippen molar-refractivity contribution in [2.75, 3.05) is 0 Å². The smallest absolute Gasteiger partial charge is 0.0638 e. The van der Waals surface area contributed by atoms with E-state index in [0.717, 1.165) is 6.42 Å². The molecule has 1 unspecified atom stereocenters. The Morgan fingerprint density at radius 3 is 2.43 bits per heavy atom. The van der Waals surface area contributed by atoms with Crippen LogP contribution in [0.5, 0.6) is 0 Å². The predicted octanol–water partition coefficient (Wildman–Crippen LogP) is 2.99. The van der Waals surface area contributed by atoms with Gasteiger partial charge in [-0.05, 0) is 19.3 Å². The van der Waals surface area contributed by atoms with Crippen LogP contribution in [-0.2, 0) is 0 Å². The van der Waals surface area contributed by atoms with Gasteiger partial charge in [0.2, 0.25) is 0 Å². The Bertz CT molecular complexity index is 175. The predicted molar refractivity (Wildman–Crippen MR) is 58.9 cm³/mol. The van der Waals surface area contributed by atoms with Gasteiger partial charge in [-0.15, -0.1) is 0 Å². The van der Waals surface area contributed by atoms with Crippen molar-refractivity contribution in [3.63, 3.8) is 0 Å². The summed E-state index contributed by atoms with van der Waals surface area (Å²) in [6.07, 6.45) is 9.86. The second-order valence-electron chi connectivity index (χ2n) is 4.32. The lowest BCUT2D eigenvalue weighted by Crippen LogP contribution is -2.37. The topological polar surface area (TPSA) is 35.8 Å². The van der Waals surface area contributed by atoms with E-state index < -0.39 is 0 Å². The van der Waals surface area contributed by atoms with E-state index in [1.165, 1.54) is 38.5 Å². The lowest BCUT2D eigenvalue weighted by molar-refractivity contribution is 0.388. The summed E-state index contributed by atoms with van der Waals surface area (Å²) >= 11 is 0. The maximum Gasteiger partial charge on any atom is 0.0638 e. The minimum Gasteiger partial charge on any atom is -0.310 e. The van der Waals surface area contributed by atoms with Crippen LogP contribution >= 0.6 is 0 Å². The number of rotatable bonds is 4. The molecule has 0 aliphatic heterocycles. The number of nitriles is 1. The molecule has 0 aromatic heterocycles. The fraction of sp³-hybridized carbons (Fsp3) is 0.917. The lowest BCUT2D eigenvalue weighted by atomic mass is 10.1. The fourth-order valence-corrected chi connectivity index (χ4v) is 2.21. The summed E-state index contributed by atoms with van der Waals surface area (Å²) in [5.41, 5.74) is 0. The Labute approximate surface area is 87.7 Å². The molecule has 1 N–H and O–H groups in total. The maximum atomic E-state index is 8.66. The SMILES string of the molecule is CCC(CC#N)NC1CCCCCC1. The number of nitrogens with zero attached hydrogens (tertiary/aromatic N) is 1. The Balaban J connectivity index is 2.28. The molecule has 0 spiro atoms. The van der Waals surface area contributed by atoms with Gasteiger partial charge in [-0.25, -0.2) is 0 Å². The average molecular weight is 194 g/mol. The van der Waals surface area contributed by atoms with Crippen molar-refractivity contribution in [2.24, 2.45) is 0 Å². The Morgan fingerprint density at radius 1 is 1.29 bits per heavy atom. The molecule has 1 fully saturated rings. The summed E-state index contributed by atoms with van der Waals surface area (Å²) in [6, 6.07) is 3.36. The van der Waals surface area contributed by atoms with E-state index in [0.29, 0.717) is 18.5 Å². The molecule has 0 radical (unpaired) electrons. The molecule has 0 aromatic carbocycles. The van der Waals surface area contributed by atoms with Crippen molar-refractivity contribution in [2.45, 2.75) is 70.4 Å². The molecule has 1 aliphatic rings. The highest BCUT2D eigenvalue weighted by Gasteiger charge is 2.15. The molecule has 0 amide bonds. The molecule has 2 heteroatoms. The molecule has 0 bridgehead atoms. The Hall–Kier alpha value is -0.550. The van der Waals surface area contributed by atoms with Gasteiger partial charge in [-0.3, -0.25) is 0 Å². The first-order chi connectivity index (χ1) is 6.86. The zero-order chi connectivity index (χ0) is 10.2. The lowest BCUT2D eigenvalue weighted by Gasteiger charge is -2.22. The van der Waals surface area contributed by atoms with Gasteiger partial charge in [-0.1, -0.05) is 32.6 Å². The summed E-state index contributed by atoms with van der Waals surface area (Å²) in [5, 5.41) is 12.3. The largest absolute Gasteiger partial charge is 0.310 e. The first-order valence-electron chi connectivity index (χ1n) is 5.99.